The molecule has 2 aliphatic rings. The summed E-state index contributed by atoms with van der Waals surface area (Å²) in [6.07, 6.45) is 5.62. The molecule has 0 radical (unpaired) electrons. The van der Waals surface area contributed by atoms with E-state index in [-0.39, 0.29) is 17.4 Å². The first-order chi connectivity index (χ1) is 10.0. The molecule has 114 valence electrons. The second kappa shape index (κ2) is 6.39. The fourth-order valence-corrected chi connectivity index (χ4v) is 3.05. The van der Waals surface area contributed by atoms with Crippen LogP contribution in [0.2, 0.25) is 0 Å². The molecule has 0 aliphatic carbocycles. The van der Waals surface area contributed by atoms with Gasteiger partial charge < -0.3 is 4.90 Å². The molecule has 5 nitrogen and oxygen atoms in total. The lowest BCUT2D eigenvalue weighted by molar-refractivity contribution is -0.133. The van der Waals surface area contributed by atoms with Gasteiger partial charge in [-0.1, -0.05) is 0 Å². The Hall–Kier alpha value is -1.69. The Kier molecular flexibility index (Phi) is 4.77. The van der Waals surface area contributed by atoms with Crippen molar-refractivity contribution >= 4 is 29.1 Å². The summed E-state index contributed by atoms with van der Waals surface area (Å²) in [4.78, 5) is 29.9. The van der Waals surface area contributed by atoms with Gasteiger partial charge in [0.15, 0.2) is 5.11 Å². The van der Waals surface area contributed by atoms with Gasteiger partial charge in [-0.3, -0.25) is 19.4 Å². The molecule has 0 unspecified atom stereocenters. The van der Waals surface area contributed by atoms with Gasteiger partial charge in [0.2, 0.25) is 0 Å². The minimum absolute atomic E-state index is 0.195. The summed E-state index contributed by atoms with van der Waals surface area (Å²) < 4.78 is 0. The molecule has 0 aromatic heterocycles. The molecule has 2 fully saturated rings. The zero-order valence-corrected chi connectivity index (χ0v) is 13.6. The van der Waals surface area contributed by atoms with E-state index in [0.29, 0.717) is 18.2 Å². The van der Waals surface area contributed by atoms with Crippen LogP contribution in [0, 0.1) is 0 Å². The molecule has 0 bridgehead atoms. The first kappa shape index (κ1) is 15.7. The number of nitrogens with zero attached hydrogens (tertiary/aromatic N) is 3. The van der Waals surface area contributed by atoms with E-state index in [1.165, 1.54) is 9.80 Å². The van der Waals surface area contributed by atoms with Crippen LogP contribution in [0.5, 0.6) is 0 Å². The third-order valence-corrected chi connectivity index (χ3v) is 4.35. The molecular formula is C15H21N3O2S. The Bertz CT molecular complexity index is 511. The molecule has 6 heteroatoms. The van der Waals surface area contributed by atoms with Gasteiger partial charge in [0.25, 0.3) is 11.8 Å². The van der Waals surface area contributed by atoms with E-state index < -0.39 is 0 Å². The van der Waals surface area contributed by atoms with Gasteiger partial charge in [0, 0.05) is 32.4 Å². The standard InChI is InChI=1S/C15H21N3O2S/c1-4-17-13(19)12(14(20)18(5-2)15(17)21)9-8-11-7-6-10-16(11)3/h8-9H,4-7,10H2,1-3H3. The predicted molar refractivity (Wildman–Crippen MR) is 85.4 cm³/mol. The van der Waals surface area contributed by atoms with Crippen LogP contribution < -0.4 is 0 Å². The molecule has 0 N–H and O–H groups in total. The average Bonchev–Trinajstić information content (AvgIpc) is 2.85. The lowest BCUT2D eigenvalue weighted by Crippen LogP contribution is -2.55. The number of likely N-dealkylation sites (N-methyl/N-ethyl adjacent to an activating group) is 2. The lowest BCUT2D eigenvalue weighted by atomic mass is 10.1. The maximum absolute atomic E-state index is 12.4. The van der Waals surface area contributed by atoms with E-state index in [9.17, 15) is 9.59 Å². The van der Waals surface area contributed by atoms with Gasteiger partial charge in [-0.15, -0.1) is 0 Å². The van der Waals surface area contributed by atoms with Gasteiger partial charge in [-0.2, -0.15) is 0 Å². The molecule has 0 atom stereocenters. The number of rotatable bonds is 3. The molecule has 2 aliphatic heterocycles. The van der Waals surface area contributed by atoms with Crippen molar-refractivity contribution in [2.24, 2.45) is 0 Å². The summed E-state index contributed by atoms with van der Waals surface area (Å²) in [7, 11) is 2.02. The molecule has 2 amide bonds. The highest BCUT2D eigenvalue weighted by Gasteiger charge is 2.37. The molecule has 0 spiro atoms. The van der Waals surface area contributed by atoms with E-state index in [4.69, 9.17) is 12.2 Å². The maximum Gasteiger partial charge on any atom is 0.265 e. The summed E-state index contributed by atoms with van der Waals surface area (Å²) in [5, 5.41) is 0.304. The highest BCUT2D eigenvalue weighted by molar-refractivity contribution is 7.80. The quantitative estimate of drug-likeness (QED) is 0.450. The van der Waals surface area contributed by atoms with Crippen molar-refractivity contribution in [3.05, 3.63) is 23.4 Å². The van der Waals surface area contributed by atoms with Crippen molar-refractivity contribution in [3.8, 4) is 0 Å². The van der Waals surface area contributed by atoms with Gasteiger partial charge in [0.05, 0.1) is 0 Å². The van der Waals surface area contributed by atoms with E-state index in [0.717, 1.165) is 25.1 Å². The fraction of sp³-hybridized carbons (Fsp3) is 0.533. The number of likely N-dealkylation sites (tertiary alicyclic amines) is 1. The molecule has 0 aromatic carbocycles. The number of hydrogen-bond donors (Lipinski definition) is 0. The molecule has 2 saturated heterocycles. The first-order valence-corrected chi connectivity index (χ1v) is 7.71. The van der Waals surface area contributed by atoms with Gasteiger partial charge >= 0.3 is 0 Å². The van der Waals surface area contributed by atoms with Crippen molar-refractivity contribution < 1.29 is 9.59 Å². The van der Waals surface area contributed by atoms with E-state index >= 15 is 0 Å². The number of carbonyl (C=O) groups excluding carboxylic acids is 2. The van der Waals surface area contributed by atoms with Gasteiger partial charge in [0.1, 0.15) is 5.57 Å². The number of thiocarbonyl (C=S) groups is 1. The van der Waals surface area contributed by atoms with Crippen LogP contribution >= 0.6 is 12.2 Å². The Labute approximate surface area is 130 Å². The molecule has 0 saturated carbocycles. The molecule has 2 heterocycles. The summed E-state index contributed by atoms with van der Waals surface area (Å²) in [5.41, 5.74) is 1.35. The third kappa shape index (κ3) is 2.85. The highest BCUT2D eigenvalue weighted by Crippen LogP contribution is 2.21. The Morgan fingerprint density at radius 1 is 1.10 bits per heavy atom. The Balaban J connectivity index is 2.34. The average molecular weight is 307 g/mol. The predicted octanol–water partition coefficient (Wildman–Crippen LogP) is 1.52. The van der Waals surface area contributed by atoms with E-state index in [1.807, 2.05) is 27.0 Å². The van der Waals surface area contributed by atoms with Gasteiger partial charge in [-0.05, 0) is 51.1 Å². The smallest absolute Gasteiger partial charge is 0.265 e. The minimum Gasteiger partial charge on any atom is -0.378 e. The van der Waals surface area contributed by atoms with Gasteiger partial charge in [-0.25, -0.2) is 0 Å². The normalized spacial score (nSPS) is 21.9. The van der Waals surface area contributed by atoms with Crippen LogP contribution in [-0.2, 0) is 9.59 Å². The zero-order chi connectivity index (χ0) is 15.6. The van der Waals surface area contributed by atoms with Crippen molar-refractivity contribution in [1.82, 2.24) is 14.7 Å². The zero-order valence-electron chi connectivity index (χ0n) is 12.8. The summed E-state index contributed by atoms with van der Waals surface area (Å²) >= 11 is 5.22. The van der Waals surface area contributed by atoms with Crippen molar-refractivity contribution in [3.63, 3.8) is 0 Å². The van der Waals surface area contributed by atoms with Crippen LogP contribution in [0.1, 0.15) is 26.7 Å². The van der Waals surface area contributed by atoms with Crippen LogP contribution in [0.4, 0.5) is 0 Å². The Morgan fingerprint density at radius 2 is 1.67 bits per heavy atom. The monoisotopic (exact) mass is 307 g/mol. The van der Waals surface area contributed by atoms with Crippen LogP contribution in [-0.4, -0.2) is 58.3 Å². The molecular weight excluding hydrogens is 286 g/mol. The van der Waals surface area contributed by atoms with E-state index in [1.54, 1.807) is 6.08 Å². The molecule has 0 aromatic rings. The van der Waals surface area contributed by atoms with Crippen LogP contribution in [0.3, 0.4) is 0 Å². The first-order valence-electron chi connectivity index (χ1n) is 7.30. The second-order valence-corrected chi connectivity index (χ2v) is 5.51. The minimum atomic E-state index is -0.297. The van der Waals surface area contributed by atoms with E-state index in [2.05, 4.69) is 4.90 Å². The van der Waals surface area contributed by atoms with Crippen molar-refractivity contribution in [2.75, 3.05) is 26.7 Å². The second-order valence-electron chi connectivity index (χ2n) is 5.14. The summed E-state index contributed by atoms with van der Waals surface area (Å²) in [6.45, 7) is 5.66. The van der Waals surface area contributed by atoms with Crippen LogP contribution in [0.15, 0.2) is 23.4 Å². The number of hydrogen-bond acceptors (Lipinski definition) is 4. The third-order valence-electron chi connectivity index (χ3n) is 3.90. The largest absolute Gasteiger partial charge is 0.378 e. The lowest BCUT2D eigenvalue weighted by Gasteiger charge is -2.35. The molecule has 2 rings (SSSR count). The SMILES string of the molecule is CCN1C(=O)C(=CC=C2CCCN2C)C(=O)N(CC)C1=S. The number of allylic oxidation sites excluding steroid dienone is 3. The summed E-state index contributed by atoms with van der Waals surface area (Å²) in [6, 6.07) is 0. The molecule has 21 heavy (non-hydrogen) atoms. The number of carbonyl (C=O) groups is 2. The highest BCUT2D eigenvalue weighted by atomic mass is 32.1. The van der Waals surface area contributed by atoms with Crippen molar-refractivity contribution in [2.45, 2.75) is 26.7 Å². The summed E-state index contributed by atoms with van der Waals surface area (Å²) in [5.74, 6) is -0.593. The van der Waals surface area contributed by atoms with Crippen molar-refractivity contribution in [1.29, 1.82) is 0 Å². The topological polar surface area (TPSA) is 43.9 Å². The van der Waals surface area contributed by atoms with Crippen LogP contribution in [0.25, 0.3) is 0 Å². The maximum atomic E-state index is 12.4. The number of amides is 2. The Morgan fingerprint density at radius 3 is 2.10 bits per heavy atom. The fourth-order valence-electron chi connectivity index (χ4n) is 2.62.